The largest absolute Gasteiger partial charge is 0.493 e. The summed E-state index contributed by atoms with van der Waals surface area (Å²) >= 11 is 0. The highest BCUT2D eigenvalue weighted by atomic mass is 16.5. The van der Waals surface area contributed by atoms with E-state index in [1.807, 2.05) is 72.2 Å². The molecule has 1 fully saturated rings. The number of carbonyl (C=O) groups excluding carboxylic acids is 1. The highest BCUT2D eigenvalue weighted by Gasteiger charge is 2.27. The van der Waals surface area contributed by atoms with Crippen molar-refractivity contribution in [2.75, 3.05) is 36.5 Å². The number of rotatable bonds is 8. The van der Waals surface area contributed by atoms with Gasteiger partial charge in [0.05, 0.1) is 30.7 Å². The maximum Gasteiger partial charge on any atom is 0.300 e. The van der Waals surface area contributed by atoms with Gasteiger partial charge in [0.15, 0.2) is 0 Å². The van der Waals surface area contributed by atoms with Crippen LogP contribution in [0.1, 0.15) is 81.3 Å². The Morgan fingerprint density at radius 2 is 1.82 bits per heavy atom. The third-order valence-corrected chi connectivity index (χ3v) is 8.36. The molecule has 0 aliphatic carbocycles. The fraction of sp³-hybridized carbons (Fsp3) is 0.514. The first kappa shape index (κ1) is 33.1. The molecule has 1 amide bonds. The number of fused-ring (bicyclic) bond motifs is 2. The number of nitrogens with zero attached hydrogens (tertiary/aromatic N) is 4. The first-order chi connectivity index (χ1) is 20.9. The summed E-state index contributed by atoms with van der Waals surface area (Å²) in [4.78, 5) is 27.2. The van der Waals surface area contributed by atoms with Gasteiger partial charge in [0.2, 0.25) is 0 Å². The maximum atomic E-state index is 13.8. The first-order valence-electron chi connectivity index (χ1n) is 15.8. The lowest BCUT2D eigenvalue weighted by molar-refractivity contribution is -0.134. The van der Waals surface area contributed by atoms with Crippen LogP contribution in [-0.2, 0) is 18.4 Å². The molecule has 0 spiro atoms. The van der Waals surface area contributed by atoms with Crippen LogP contribution >= 0.6 is 0 Å². The van der Waals surface area contributed by atoms with Gasteiger partial charge in [0.25, 0.3) is 11.9 Å². The summed E-state index contributed by atoms with van der Waals surface area (Å²) in [6.07, 6.45) is 7.99. The van der Waals surface area contributed by atoms with Crippen molar-refractivity contribution in [2.45, 2.75) is 73.3 Å². The van der Waals surface area contributed by atoms with Crippen molar-refractivity contribution in [1.82, 2.24) is 14.7 Å². The number of aliphatic carboxylic acids is 1. The van der Waals surface area contributed by atoms with Gasteiger partial charge in [0, 0.05) is 25.1 Å². The lowest BCUT2D eigenvalue weighted by atomic mass is 9.89. The van der Waals surface area contributed by atoms with Crippen LogP contribution < -0.4 is 15.0 Å². The molecule has 0 saturated carbocycles. The smallest absolute Gasteiger partial charge is 0.300 e. The van der Waals surface area contributed by atoms with Gasteiger partial charge in [-0.3, -0.25) is 14.3 Å². The van der Waals surface area contributed by atoms with Gasteiger partial charge in [-0.05, 0) is 106 Å². The third kappa shape index (κ3) is 9.08. The number of nitrogens with one attached hydrogen (secondary N) is 1. The number of aryl methyl sites for hydroxylation is 2. The lowest BCUT2D eigenvalue weighted by Crippen LogP contribution is -2.35. The minimum absolute atomic E-state index is 0.0329. The van der Waals surface area contributed by atoms with Gasteiger partial charge in [-0.2, -0.15) is 5.10 Å². The van der Waals surface area contributed by atoms with E-state index in [-0.39, 0.29) is 5.91 Å². The Morgan fingerprint density at radius 1 is 1.11 bits per heavy atom. The quantitative estimate of drug-likeness (QED) is 0.267. The van der Waals surface area contributed by atoms with Gasteiger partial charge < -0.3 is 25.0 Å². The van der Waals surface area contributed by atoms with E-state index in [1.54, 1.807) is 0 Å². The molecule has 1 saturated heterocycles. The highest BCUT2D eigenvalue weighted by Crippen LogP contribution is 2.36. The molecule has 1 aromatic heterocycles. The Morgan fingerprint density at radius 3 is 2.50 bits per heavy atom. The number of carboxylic acids is 1. The number of benzene rings is 2. The van der Waals surface area contributed by atoms with Crippen LogP contribution in [0.4, 0.5) is 17.2 Å². The minimum atomic E-state index is -0.833. The number of carboxylic acid groups (broad SMARTS) is 1. The van der Waals surface area contributed by atoms with Crippen LogP contribution in [-0.4, -0.2) is 57.9 Å². The van der Waals surface area contributed by atoms with Crippen molar-refractivity contribution < 1.29 is 19.4 Å². The molecule has 2 N–H and O–H groups in total. The van der Waals surface area contributed by atoms with Gasteiger partial charge >= 0.3 is 0 Å². The number of hydrogen-bond acceptors (Lipinski definition) is 6. The second-order valence-electron chi connectivity index (χ2n) is 13.3. The molecule has 9 nitrogen and oxygen atoms in total. The summed E-state index contributed by atoms with van der Waals surface area (Å²) in [5.41, 5.74) is 4.80. The average Bonchev–Trinajstić information content (AvgIpc) is 3.22. The number of ether oxygens (including phenoxy) is 1. The molecule has 238 valence electrons. The summed E-state index contributed by atoms with van der Waals surface area (Å²) in [5, 5.41) is 15.3. The number of amides is 1. The number of carbonyl (C=O) groups is 2. The van der Waals surface area contributed by atoms with Crippen molar-refractivity contribution in [3.8, 4) is 5.75 Å². The van der Waals surface area contributed by atoms with Crippen LogP contribution in [0.3, 0.4) is 0 Å². The normalized spacial score (nSPS) is 15.3. The monoisotopic (exact) mass is 603 g/mol. The van der Waals surface area contributed by atoms with Gasteiger partial charge in [0.1, 0.15) is 11.6 Å². The number of likely N-dealkylation sites (tertiary alicyclic amines) is 1. The average molecular weight is 604 g/mol. The molecule has 44 heavy (non-hydrogen) atoms. The minimum Gasteiger partial charge on any atom is -0.493 e. The van der Waals surface area contributed by atoms with E-state index >= 15 is 0 Å². The summed E-state index contributed by atoms with van der Waals surface area (Å²) in [6, 6.07) is 13.7. The molecule has 5 rings (SSSR count). The molecule has 0 radical (unpaired) electrons. The Hall–Kier alpha value is -3.85. The Balaban J connectivity index is 0.00000104. The molecule has 3 heterocycles. The summed E-state index contributed by atoms with van der Waals surface area (Å²) < 4.78 is 7.99. The molecule has 2 aromatic carbocycles. The second kappa shape index (κ2) is 14.8. The zero-order valence-corrected chi connectivity index (χ0v) is 27.2. The predicted octanol–water partition coefficient (Wildman–Crippen LogP) is 7.03. The predicted molar refractivity (Wildman–Crippen MR) is 176 cm³/mol. The summed E-state index contributed by atoms with van der Waals surface area (Å²) in [6.45, 7) is 15.0. The molecule has 0 atom stereocenters. The Labute approximate surface area is 262 Å². The number of anilines is 3. The fourth-order valence-corrected chi connectivity index (χ4v) is 5.79. The van der Waals surface area contributed by atoms with E-state index in [0.717, 1.165) is 53.3 Å². The highest BCUT2D eigenvalue weighted by molar-refractivity contribution is 6.08. The first-order valence-corrected chi connectivity index (χ1v) is 15.8. The number of aromatic nitrogens is 2. The lowest BCUT2D eigenvalue weighted by Gasteiger charge is -2.33. The Bertz CT molecular complexity index is 1410. The van der Waals surface area contributed by atoms with Crippen LogP contribution in [0, 0.1) is 18.3 Å². The standard InChI is InChI=1S/C33H45N5O2.C2H4O2/c1-24-21-26(32(39)38-23-27-22-34-36(5)31(27)35-28-10-6-7-11-29(28)38)12-13-30(24)40-20-8-9-25-14-17-37(18-15-25)19-16-33(2,3)4;1-2(3)4/h6-7,10-13,21-22,25,35H,8-9,14-20,23H2,1-5H3;1H3,(H,3,4). The number of piperidine rings is 1. The van der Waals surface area contributed by atoms with Crippen molar-refractivity contribution >= 4 is 29.1 Å². The van der Waals surface area contributed by atoms with Gasteiger partial charge in [-0.1, -0.05) is 32.9 Å². The summed E-state index contributed by atoms with van der Waals surface area (Å²) in [5.74, 6) is 1.71. The molecule has 9 heteroatoms. The van der Waals surface area contributed by atoms with E-state index in [1.165, 1.54) is 45.3 Å². The van der Waals surface area contributed by atoms with Crippen molar-refractivity contribution in [1.29, 1.82) is 0 Å². The molecule has 3 aromatic rings. The van der Waals surface area contributed by atoms with Crippen molar-refractivity contribution in [2.24, 2.45) is 18.4 Å². The van der Waals surface area contributed by atoms with Crippen molar-refractivity contribution in [3.63, 3.8) is 0 Å². The van der Waals surface area contributed by atoms with Crippen LogP contribution in [0.15, 0.2) is 48.7 Å². The van der Waals surface area contributed by atoms with Gasteiger partial charge in [-0.15, -0.1) is 0 Å². The molecular formula is C35H49N5O4. The maximum absolute atomic E-state index is 13.8. The zero-order valence-electron chi connectivity index (χ0n) is 27.2. The second-order valence-corrected chi connectivity index (χ2v) is 13.3. The van der Waals surface area contributed by atoms with Crippen LogP contribution in [0.2, 0.25) is 0 Å². The van der Waals surface area contributed by atoms with E-state index in [2.05, 4.69) is 36.1 Å². The molecule has 0 bridgehead atoms. The third-order valence-electron chi connectivity index (χ3n) is 8.36. The number of hydrogen-bond donors (Lipinski definition) is 2. The molecule has 2 aliphatic heterocycles. The molecule has 0 unspecified atom stereocenters. The van der Waals surface area contributed by atoms with E-state index in [9.17, 15) is 4.79 Å². The Kier molecular flexibility index (Phi) is 11.1. The van der Waals surface area contributed by atoms with E-state index in [0.29, 0.717) is 24.1 Å². The fourth-order valence-electron chi connectivity index (χ4n) is 5.79. The number of para-hydroxylation sites is 2. The zero-order chi connectivity index (χ0) is 31.9. The van der Waals surface area contributed by atoms with E-state index < -0.39 is 5.97 Å². The van der Waals surface area contributed by atoms with Crippen molar-refractivity contribution in [3.05, 3.63) is 65.4 Å². The van der Waals surface area contributed by atoms with Crippen LogP contribution in [0.25, 0.3) is 0 Å². The van der Waals surface area contributed by atoms with Gasteiger partial charge in [-0.25, -0.2) is 0 Å². The summed E-state index contributed by atoms with van der Waals surface area (Å²) in [7, 11) is 1.91. The SMILES string of the molecule is CC(=O)O.Cc1cc(C(=O)N2Cc3cnn(C)c3Nc3ccccc32)ccc1OCCCC1CCN(CCC(C)(C)C)CC1. The van der Waals surface area contributed by atoms with E-state index in [4.69, 9.17) is 14.6 Å². The molecular weight excluding hydrogens is 554 g/mol. The van der Waals surface area contributed by atoms with Crippen LogP contribution in [0.5, 0.6) is 5.75 Å². The topological polar surface area (TPSA) is 99.9 Å². The molecule has 2 aliphatic rings.